The molecule has 1 amide bonds. The summed E-state index contributed by atoms with van der Waals surface area (Å²) >= 11 is 5.35. The average molecular weight is 385 g/mol. The minimum absolute atomic E-state index is 0.268. The van der Waals surface area contributed by atoms with Crippen LogP contribution in [-0.2, 0) is 0 Å². The molecule has 0 aromatic heterocycles. The Hall–Kier alpha value is -2.64. The first-order chi connectivity index (χ1) is 13.1. The lowest BCUT2D eigenvalue weighted by atomic mass is 10.2. The fourth-order valence-corrected chi connectivity index (χ4v) is 3.20. The Morgan fingerprint density at radius 3 is 2.56 bits per heavy atom. The van der Waals surface area contributed by atoms with Gasteiger partial charge in [-0.2, -0.15) is 0 Å². The molecule has 0 aliphatic carbocycles. The SMILES string of the molecule is COc1cccc(C(=O)NC(=S)Nc2ccccc2N2CCN(C)CC2)c1. The first kappa shape index (κ1) is 19.1. The van der Waals surface area contributed by atoms with Gasteiger partial charge in [-0.05, 0) is 49.6 Å². The summed E-state index contributed by atoms with van der Waals surface area (Å²) in [5.41, 5.74) is 2.47. The summed E-state index contributed by atoms with van der Waals surface area (Å²) in [4.78, 5) is 17.1. The van der Waals surface area contributed by atoms with Crippen molar-refractivity contribution in [1.82, 2.24) is 10.2 Å². The second kappa shape index (κ2) is 8.83. The Morgan fingerprint density at radius 1 is 1.07 bits per heavy atom. The summed E-state index contributed by atoms with van der Waals surface area (Å²) in [6.07, 6.45) is 0. The van der Waals surface area contributed by atoms with Crippen LogP contribution >= 0.6 is 12.2 Å². The van der Waals surface area contributed by atoms with Gasteiger partial charge in [0.2, 0.25) is 0 Å². The summed E-state index contributed by atoms with van der Waals surface area (Å²) in [5, 5.41) is 6.16. The third-order valence-corrected chi connectivity index (χ3v) is 4.76. The fraction of sp³-hybridized carbons (Fsp3) is 0.300. The quantitative estimate of drug-likeness (QED) is 0.791. The minimum atomic E-state index is -0.275. The minimum Gasteiger partial charge on any atom is -0.497 e. The normalized spacial score (nSPS) is 14.5. The van der Waals surface area contributed by atoms with Gasteiger partial charge in [0, 0.05) is 31.7 Å². The number of para-hydroxylation sites is 2. The molecular weight excluding hydrogens is 360 g/mol. The number of carbonyl (C=O) groups excluding carboxylic acids is 1. The van der Waals surface area contributed by atoms with Crippen molar-refractivity contribution in [2.75, 3.05) is 50.6 Å². The van der Waals surface area contributed by atoms with E-state index in [1.54, 1.807) is 31.4 Å². The zero-order chi connectivity index (χ0) is 19.2. The lowest BCUT2D eigenvalue weighted by molar-refractivity contribution is 0.0977. The molecule has 1 heterocycles. The van der Waals surface area contributed by atoms with E-state index in [0.717, 1.165) is 37.6 Å². The summed E-state index contributed by atoms with van der Waals surface area (Å²) in [6.45, 7) is 3.95. The van der Waals surface area contributed by atoms with Crippen molar-refractivity contribution in [3.8, 4) is 5.75 Å². The van der Waals surface area contributed by atoms with Gasteiger partial charge in [-0.3, -0.25) is 10.1 Å². The molecule has 3 rings (SSSR count). The largest absolute Gasteiger partial charge is 0.497 e. The second-order valence-electron chi connectivity index (χ2n) is 6.45. The number of benzene rings is 2. The van der Waals surface area contributed by atoms with Crippen molar-refractivity contribution in [3.63, 3.8) is 0 Å². The molecule has 1 aliphatic heterocycles. The topological polar surface area (TPSA) is 56.8 Å². The van der Waals surface area contributed by atoms with E-state index in [9.17, 15) is 4.79 Å². The number of likely N-dealkylation sites (N-methyl/N-ethyl adjacent to an activating group) is 1. The molecular formula is C20H24N4O2S. The number of methoxy groups -OCH3 is 1. The van der Waals surface area contributed by atoms with E-state index in [2.05, 4.69) is 33.5 Å². The zero-order valence-corrected chi connectivity index (χ0v) is 16.4. The Bertz CT molecular complexity index is 819. The van der Waals surface area contributed by atoms with Crippen LogP contribution in [0.1, 0.15) is 10.4 Å². The van der Waals surface area contributed by atoms with E-state index in [1.807, 2.05) is 18.2 Å². The number of hydrogen-bond donors (Lipinski definition) is 2. The highest BCUT2D eigenvalue weighted by Crippen LogP contribution is 2.26. The molecule has 6 nitrogen and oxygen atoms in total. The predicted molar refractivity (Wildman–Crippen MR) is 113 cm³/mol. The van der Waals surface area contributed by atoms with Crippen molar-refractivity contribution in [2.24, 2.45) is 0 Å². The number of hydrogen-bond acceptors (Lipinski definition) is 5. The third-order valence-electron chi connectivity index (χ3n) is 4.56. The maximum atomic E-state index is 12.4. The van der Waals surface area contributed by atoms with E-state index in [-0.39, 0.29) is 11.0 Å². The lowest BCUT2D eigenvalue weighted by Crippen LogP contribution is -2.45. The van der Waals surface area contributed by atoms with Crippen molar-refractivity contribution < 1.29 is 9.53 Å². The average Bonchev–Trinajstić information content (AvgIpc) is 2.69. The van der Waals surface area contributed by atoms with Gasteiger partial charge in [0.1, 0.15) is 5.75 Å². The van der Waals surface area contributed by atoms with E-state index >= 15 is 0 Å². The van der Waals surface area contributed by atoms with Crippen LogP contribution in [0.25, 0.3) is 0 Å². The van der Waals surface area contributed by atoms with Crippen LogP contribution in [-0.4, -0.2) is 56.3 Å². The van der Waals surface area contributed by atoms with Gasteiger partial charge in [-0.15, -0.1) is 0 Å². The maximum absolute atomic E-state index is 12.4. The van der Waals surface area contributed by atoms with Gasteiger partial charge in [0.05, 0.1) is 18.5 Å². The molecule has 1 saturated heterocycles. The van der Waals surface area contributed by atoms with Crippen LogP contribution in [0.4, 0.5) is 11.4 Å². The highest BCUT2D eigenvalue weighted by atomic mass is 32.1. The van der Waals surface area contributed by atoms with Crippen molar-refractivity contribution in [3.05, 3.63) is 54.1 Å². The molecule has 0 atom stereocenters. The molecule has 0 bridgehead atoms. The van der Waals surface area contributed by atoms with Crippen LogP contribution in [0, 0.1) is 0 Å². The molecule has 7 heteroatoms. The van der Waals surface area contributed by atoms with Gasteiger partial charge in [-0.1, -0.05) is 18.2 Å². The van der Waals surface area contributed by atoms with Gasteiger partial charge >= 0.3 is 0 Å². The molecule has 27 heavy (non-hydrogen) atoms. The summed E-state index contributed by atoms with van der Waals surface area (Å²) in [5.74, 6) is 0.352. The summed E-state index contributed by atoms with van der Waals surface area (Å²) < 4.78 is 5.16. The maximum Gasteiger partial charge on any atom is 0.257 e. The molecule has 0 spiro atoms. The van der Waals surface area contributed by atoms with Gasteiger partial charge in [0.15, 0.2) is 5.11 Å². The summed E-state index contributed by atoms with van der Waals surface area (Å²) in [6, 6.07) is 15.0. The van der Waals surface area contributed by atoms with E-state index in [0.29, 0.717) is 11.3 Å². The van der Waals surface area contributed by atoms with Crippen LogP contribution in [0.15, 0.2) is 48.5 Å². The first-order valence-electron chi connectivity index (χ1n) is 8.86. The lowest BCUT2D eigenvalue weighted by Gasteiger charge is -2.35. The number of piperazine rings is 1. The van der Waals surface area contributed by atoms with Crippen LogP contribution in [0.2, 0.25) is 0 Å². The molecule has 2 aromatic rings. The molecule has 2 aromatic carbocycles. The van der Waals surface area contributed by atoms with Crippen molar-refractivity contribution in [2.45, 2.75) is 0 Å². The number of nitrogens with one attached hydrogen (secondary N) is 2. The Kier molecular flexibility index (Phi) is 6.26. The zero-order valence-electron chi connectivity index (χ0n) is 15.6. The summed E-state index contributed by atoms with van der Waals surface area (Å²) in [7, 11) is 3.70. The Morgan fingerprint density at radius 2 is 1.81 bits per heavy atom. The Balaban J connectivity index is 1.66. The highest BCUT2D eigenvalue weighted by Gasteiger charge is 2.17. The first-order valence-corrected chi connectivity index (χ1v) is 9.26. The number of ether oxygens (including phenoxy) is 1. The number of rotatable bonds is 4. The van der Waals surface area contributed by atoms with Gasteiger partial charge in [-0.25, -0.2) is 0 Å². The number of amides is 1. The number of thiocarbonyl (C=S) groups is 1. The van der Waals surface area contributed by atoms with E-state index in [1.165, 1.54) is 0 Å². The second-order valence-corrected chi connectivity index (χ2v) is 6.86. The molecule has 2 N–H and O–H groups in total. The van der Waals surface area contributed by atoms with Crippen molar-refractivity contribution >= 4 is 34.6 Å². The number of anilines is 2. The third kappa shape index (κ3) is 4.96. The Labute approximate surface area is 165 Å². The molecule has 1 fully saturated rings. The number of nitrogens with zero attached hydrogens (tertiary/aromatic N) is 2. The monoisotopic (exact) mass is 384 g/mol. The molecule has 0 saturated carbocycles. The van der Waals surface area contributed by atoms with E-state index < -0.39 is 0 Å². The molecule has 142 valence electrons. The molecule has 0 radical (unpaired) electrons. The molecule has 1 aliphatic rings. The predicted octanol–water partition coefficient (Wildman–Crippen LogP) is 2.57. The van der Waals surface area contributed by atoms with Crippen LogP contribution < -0.4 is 20.3 Å². The van der Waals surface area contributed by atoms with Crippen molar-refractivity contribution in [1.29, 1.82) is 0 Å². The smallest absolute Gasteiger partial charge is 0.257 e. The highest BCUT2D eigenvalue weighted by molar-refractivity contribution is 7.80. The standard InChI is InChI=1S/C20H24N4O2S/c1-23-10-12-24(13-11-23)18-9-4-3-8-17(18)21-20(27)22-19(25)15-6-5-7-16(14-15)26-2/h3-9,14H,10-13H2,1-2H3,(H2,21,22,25,27). The van der Waals surface area contributed by atoms with E-state index in [4.69, 9.17) is 17.0 Å². The van der Waals surface area contributed by atoms with Crippen LogP contribution in [0.3, 0.4) is 0 Å². The van der Waals surface area contributed by atoms with Crippen LogP contribution in [0.5, 0.6) is 5.75 Å². The number of carbonyl (C=O) groups is 1. The molecule has 0 unspecified atom stereocenters. The van der Waals surface area contributed by atoms with Gasteiger partial charge < -0.3 is 19.9 Å². The van der Waals surface area contributed by atoms with Gasteiger partial charge in [0.25, 0.3) is 5.91 Å². The fourth-order valence-electron chi connectivity index (χ4n) is 3.00.